The summed E-state index contributed by atoms with van der Waals surface area (Å²) < 4.78 is 17.5. The average Bonchev–Trinajstić information content (AvgIpc) is 2.96. The molecule has 0 atom stereocenters. The van der Waals surface area contributed by atoms with E-state index in [1.807, 2.05) is 4.90 Å². The molecule has 1 aromatic carbocycles. The summed E-state index contributed by atoms with van der Waals surface area (Å²) in [5.74, 6) is 0.794. The van der Waals surface area contributed by atoms with Crippen LogP contribution < -0.4 is 4.90 Å². The van der Waals surface area contributed by atoms with Crippen LogP contribution >= 0.6 is 11.5 Å². The maximum Gasteiger partial charge on any atom is 0.222 e. The van der Waals surface area contributed by atoms with Gasteiger partial charge in [0.1, 0.15) is 11.6 Å². The Kier molecular flexibility index (Phi) is 6.55. The molecule has 0 aliphatic carbocycles. The topological polar surface area (TPSA) is 49.3 Å². The number of anilines is 1. The third kappa shape index (κ3) is 5.00. The molecule has 1 amide bonds. The van der Waals surface area contributed by atoms with Gasteiger partial charge in [0.05, 0.1) is 0 Å². The van der Waals surface area contributed by atoms with Crippen molar-refractivity contribution in [1.82, 2.24) is 14.3 Å². The van der Waals surface area contributed by atoms with E-state index in [1.165, 1.54) is 23.7 Å². The Balaban J connectivity index is 1.57. The Morgan fingerprint density at radius 3 is 2.77 bits per heavy atom. The molecule has 0 N–H and O–H groups in total. The van der Waals surface area contributed by atoms with Gasteiger partial charge in [-0.05, 0) is 30.5 Å². The minimum Gasteiger partial charge on any atom is -0.345 e. The molecule has 0 radical (unpaired) electrons. The van der Waals surface area contributed by atoms with Crippen LogP contribution in [-0.4, -0.2) is 46.3 Å². The van der Waals surface area contributed by atoms with Crippen LogP contribution in [0.2, 0.25) is 0 Å². The van der Waals surface area contributed by atoms with Crippen LogP contribution in [0.4, 0.5) is 9.52 Å². The van der Waals surface area contributed by atoms with Gasteiger partial charge < -0.3 is 9.80 Å². The van der Waals surface area contributed by atoms with E-state index in [0.29, 0.717) is 12.8 Å². The van der Waals surface area contributed by atoms with Crippen molar-refractivity contribution in [3.05, 3.63) is 41.5 Å². The van der Waals surface area contributed by atoms with Gasteiger partial charge in [-0.15, -0.1) is 0 Å². The molecule has 3 rings (SSSR count). The van der Waals surface area contributed by atoms with Gasteiger partial charge in [0.25, 0.3) is 0 Å². The van der Waals surface area contributed by atoms with E-state index in [9.17, 15) is 9.18 Å². The number of nitrogens with zero attached hydrogens (tertiary/aromatic N) is 4. The molecule has 26 heavy (non-hydrogen) atoms. The van der Waals surface area contributed by atoms with Crippen molar-refractivity contribution in [2.24, 2.45) is 0 Å². The van der Waals surface area contributed by atoms with E-state index in [0.717, 1.165) is 62.0 Å². The van der Waals surface area contributed by atoms with Gasteiger partial charge in [-0.3, -0.25) is 4.79 Å². The molecule has 140 valence electrons. The van der Waals surface area contributed by atoms with Gasteiger partial charge in [0, 0.05) is 50.6 Å². The maximum atomic E-state index is 13.0. The summed E-state index contributed by atoms with van der Waals surface area (Å²) in [7, 11) is 0. The van der Waals surface area contributed by atoms with E-state index < -0.39 is 0 Å². The normalized spacial score (nSPS) is 15.2. The Hall–Kier alpha value is -2.02. The molecule has 1 aliphatic heterocycles. The summed E-state index contributed by atoms with van der Waals surface area (Å²) in [4.78, 5) is 21.1. The SMILES string of the molecule is CCCCC(=O)N1CCCN(c2nc(Cc3ccc(F)cc3)ns2)CC1. The molecule has 1 saturated heterocycles. The molecule has 0 bridgehead atoms. The largest absolute Gasteiger partial charge is 0.345 e. The van der Waals surface area contributed by atoms with E-state index in [2.05, 4.69) is 21.2 Å². The summed E-state index contributed by atoms with van der Waals surface area (Å²) >= 11 is 1.40. The van der Waals surface area contributed by atoms with E-state index in [1.54, 1.807) is 12.1 Å². The fourth-order valence-corrected chi connectivity index (χ4v) is 3.81. The monoisotopic (exact) mass is 376 g/mol. The molecule has 1 aliphatic rings. The molecule has 1 aromatic heterocycles. The zero-order chi connectivity index (χ0) is 18.4. The van der Waals surface area contributed by atoms with Crippen molar-refractivity contribution in [2.45, 2.75) is 39.0 Å². The number of unbranched alkanes of at least 4 members (excludes halogenated alkanes) is 1. The third-order valence-electron chi connectivity index (χ3n) is 4.60. The number of hydrogen-bond donors (Lipinski definition) is 0. The Bertz CT molecular complexity index is 719. The van der Waals surface area contributed by atoms with Gasteiger partial charge in [-0.2, -0.15) is 4.37 Å². The molecule has 0 saturated carbocycles. The molecule has 2 aromatic rings. The molecular weight excluding hydrogens is 351 g/mol. The van der Waals surface area contributed by atoms with Crippen LogP contribution in [0.25, 0.3) is 0 Å². The molecular formula is C19H25FN4OS. The van der Waals surface area contributed by atoms with Crippen LogP contribution in [0.3, 0.4) is 0 Å². The highest BCUT2D eigenvalue weighted by Crippen LogP contribution is 2.21. The maximum absolute atomic E-state index is 13.0. The molecule has 1 fully saturated rings. The van der Waals surface area contributed by atoms with E-state index >= 15 is 0 Å². The van der Waals surface area contributed by atoms with Crippen LogP contribution in [0, 0.1) is 5.82 Å². The van der Waals surface area contributed by atoms with Gasteiger partial charge in [0.2, 0.25) is 11.0 Å². The summed E-state index contributed by atoms with van der Waals surface area (Å²) in [6.07, 6.45) is 4.21. The highest BCUT2D eigenvalue weighted by atomic mass is 32.1. The van der Waals surface area contributed by atoms with Crippen molar-refractivity contribution in [1.29, 1.82) is 0 Å². The first-order chi connectivity index (χ1) is 12.7. The second-order valence-electron chi connectivity index (χ2n) is 6.62. The zero-order valence-electron chi connectivity index (χ0n) is 15.2. The average molecular weight is 377 g/mol. The fourth-order valence-electron chi connectivity index (χ4n) is 3.07. The van der Waals surface area contributed by atoms with Crippen molar-refractivity contribution < 1.29 is 9.18 Å². The van der Waals surface area contributed by atoms with Gasteiger partial charge in [0.15, 0.2) is 0 Å². The minimum atomic E-state index is -0.233. The molecule has 7 heteroatoms. The first-order valence-corrected chi connectivity index (χ1v) is 10.0. The Labute approximate surface area is 158 Å². The van der Waals surface area contributed by atoms with E-state index in [4.69, 9.17) is 0 Å². The summed E-state index contributed by atoms with van der Waals surface area (Å²) in [6.45, 7) is 5.36. The highest BCUT2D eigenvalue weighted by Gasteiger charge is 2.21. The second kappa shape index (κ2) is 9.07. The molecule has 0 unspecified atom stereocenters. The van der Waals surface area contributed by atoms with Crippen molar-refractivity contribution >= 4 is 22.6 Å². The van der Waals surface area contributed by atoms with Gasteiger partial charge in [-0.1, -0.05) is 25.5 Å². The predicted molar refractivity (Wildman–Crippen MR) is 102 cm³/mol. The fraction of sp³-hybridized carbons (Fsp3) is 0.526. The second-order valence-corrected chi connectivity index (χ2v) is 7.35. The number of halogens is 1. The number of benzene rings is 1. The number of aromatic nitrogens is 2. The molecule has 2 heterocycles. The number of hydrogen-bond acceptors (Lipinski definition) is 5. The predicted octanol–water partition coefficient (Wildman–Crippen LogP) is 3.50. The summed E-state index contributed by atoms with van der Waals surface area (Å²) in [5.41, 5.74) is 0.999. The van der Waals surface area contributed by atoms with Crippen LogP contribution in [0.15, 0.2) is 24.3 Å². The lowest BCUT2D eigenvalue weighted by Gasteiger charge is -2.21. The Morgan fingerprint density at radius 2 is 2.00 bits per heavy atom. The van der Waals surface area contributed by atoms with E-state index in [-0.39, 0.29) is 11.7 Å². The van der Waals surface area contributed by atoms with Crippen molar-refractivity contribution in [3.63, 3.8) is 0 Å². The van der Waals surface area contributed by atoms with Crippen LogP contribution in [0.5, 0.6) is 0 Å². The summed E-state index contributed by atoms with van der Waals surface area (Å²) in [6, 6.07) is 6.45. The lowest BCUT2D eigenvalue weighted by atomic mass is 10.1. The zero-order valence-corrected chi connectivity index (χ0v) is 16.0. The van der Waals surface area contributed by atoms with Gasteiger partial charge in [-0.25, -0.2) is 9.37 Å². The lowest BCUT2D eigenvalue weighted by molar-refractivity contribution is -0.131. The van der Waals surface area contributed by atoms with Crippen molar-refractivity contribution in [2.75, 3.05) is 31.1 Å². The number of amides is 1. The first kappa shape index (κ1) is 18.8. The Morgan fingerprint density at radius 1 is 1.19 bits per heavy atom. The number of rotatable bonds is 6. The number of carbonyl (C=O) groups is 1. The quantitative estimate of drug-likeness (QED) is 0.774. The highest BCUT2D eigenvalue weighted by molar-refractivity contribution is 7.09. The molecule has 0 spiro atoms. The summed E-state index contributed by atoms with van der Waals surface area (Å²) in [5, 5.41) is 0.907. The van der Waals surface area contributed by atoms with Crippen molar-refractivity contribution in [3.8, 4) is 0 Å². The number of carbonyl (C=O) groups excluding carboxylic acids is 1. The van der Waals surface area contributed by atoms with Crippen LogP contribution in [0.1, 0.15) is 44.0 Å². The molecule has 5 nitrogen and oxygen atoms in total. The van der Waals surface area contributed by atoms with Crippen LogP contribution in [-0.2, 0) is 11.2 Å². The minimum absolute atomic E-state index is 0.233. The standard InChI is InChI=1S/C19H25FN4OS/c1-2-3-5-18(25)23-10-4-11-24(13-12-23)19-21-17(22-26-19)14-15-6-8-16(20)9-7-15/h6-9H,2-5,10-14H2,1H3. The third-order valence-corrected chi connectivity index (χ3v) is 5.41. The lowest BCUT2D eigenvalue weighted by Crippen LogP contribution is -2.35. The first-order valence-electron chi connectivity index (χ1n) is 9.25. The smallest absolute Gasteiger partial charge is 0.222 e. The van der Waals surface area contributed by atoms with Gasteiger partial charge >= 0.3 is 0 Å².